The van der Waals surface area contributed by atoms with Gasteiger partial charge in [0, 0.05) is 6.20 Å². The quantitative estimate of drug-likeness (QED) is 0.705. The van der Waals surface area contributed by atoms with Gasteiger partial charge in [-0.1, -0.05) is 6.07 Å². The molecule has 2 heterocycles. The van der Waals surface area contributed by atoms with Crippen molar-refractivity contribution in [3.63, 3.8) is 0 Å². The minimum atomic E-state index is 0.194. The van der Waals surface area contributed by atoms with Crippen molar-refractivity contribution in [2.75, 3.05) is 0 Å². The van der Waals surface area contributed by atoms with Crippen LogP contribution in [0.25, 0.3) is 11.5 Å². The number of H-pyrrole nitrogens is 1. The van der Waals surface area contributed by atoms with Crippen molar-refractivity contribution in [3.8, 4) is 11.5 Å². The van der Waals surface area contributed by atoms with Crippen molar-refractivity contribution in [2.24, 2.45) is 0 Å². The van der Waals surface area contributed by atoms with Crippen LogP contribution in [0.3, 0.4) is 0 Å². The summed E-state index contributed by atoms with van der Waals surface area (Å²) in [5.74, 6) is 0.572. The predicted molar refractivity (Wildman–Crippen MR) is 49.7 cm³/mol. The summed E-state index contributed by atoms with van der Waals surface area (Å²) in [7, 11) is 0. The molecule has 5 heteroatoms. The molecule has 0 aliphatic heterocycles. The lowest BCUT2D eigenvalue weighted by molar-refractivity contribution is 0.406. The summed E-state index contributed by atoms with van der Waals surface area (Å²) in [6.45, 7) is 1.95. The smallest absolute Gasteiger partial charge is 0.314 e. The highest BCUT2D eigenvalue weighted by molar-refractivity contribution is 7.71. The van der Waals surface area contributed by atoms with Crippen LogP contribution in [0, 0.1) is 11.8 Å². The molecule has 2 rings (SSSR count). The van der Waals surface area contributed by atoms with E-state index in [-0.39, 0.29) is 4.84 Å². The molecule has 0 saturated heterocycles. The van der Waals surface area contributed by atoms with Crippen molar-refractivity contribution in [1.82, 2.24) is 15.1 Å². The topological polar surface area (TPSA) is 54.7 Å². The number of pyridine rings is 1. The highest BCUT2D eigenvalue weighted by atomic mass is 32.1. The maximum atomic E-state index is 4.81. The molecule has 0 aliphatic rings. The molecule has 1 N–H and O–H groups in total. The molecule has 0 saturated carbocycles. The van der Waals surface area contributed by atoms with Gasteiger partial charge in [0.15, 0.2) is 5.82 Å². The predicted octanol–water partition coefficient (Wildman–Crippen LogP) is 2.10. The van der Waals surface area contributed by atoms with Crippen LogP contribution in [-0.4, -0.2) is 15.1 Å². The third-order valence-electron chi connectivity index (χ3n) is 1.67. The molecule has 66 valence electrons. The number of rotatable bonds is 1. The zero-order valence-electron chi connectivity index (χ0n) is 6.94. The average molecular weight is 193 g/mol. The molecule has 2 aromatic rings. The summed E-state index contributed by atoms with van der Waals surface area (Å²) >= 11 is 4.74. The van der Waals surface area contributed by atoms with E-state index in [2.05, 4.69) is 15.1 Å². The molecular formula is C8H7N3OS. The van der Waals surface area contributed by atoms with Crippen LogP contribution in [0.4, 0.5) is 0 Å². The standard InChI is InChI=1S/C8H7N3OS/c1-5-3-2-4-9-6(5)7-10-8(13)12-11-7/h2-4H,1H3,(H,10,11,13). The van der Waals surface area contributed by atoms with Crippen molar-refractivity contribution in [1.29, 1.82) is 0 Å². The van der Waals surface area contributed by atoms with Crippen LogP contribution in [0.5, 0.6) is 0 Å². The van der Waals surface area contributed by atoms with E-state index in [1.54, 1.807) is 6.20 Å². The van der Waals surface area contributed by atoms with Crippen LogP contribution in [-0.2, 0) is 0 Å². The Morgan fingerprint density at radius 1 is 1.54 bits per heavy atom. The SMILES string of the molecule is Cc1cccnc1-c1nc(=S)o[nH]1. The van der Waals surface area contributed by atoms with Crippen molar-refractivity contribution < 1.29 is 4.52 Å². The monoisotopic (exact) mass is 193 g/mol. The lowest BCUT2D eigenvalue weighted by Gasteiger charge is -1.97. The Morgan fingerprint density at radius 2 is 2.38 bits per heavy atom. The Morgan fingerprint density at radius 3 is 3.00 bits per heavy atom. The van der Waals surface area contributed by atoms with E-state index in [1.165, 1.54) is 0 Å². The maximum absolute atomic E-state index is 4.81. The van der Waals surface area contributed by atoms with Crippen LogP contribution in [0.1, 0.15) is 5.56 Å². The third kappa shape index (κ3) is 1.50. The number of nitrogens with zero attached hydrogens (tertiary/aromatic N) is 2. The molecule has 0 fully saturated rings. The van der Waals surface area contributed by atoms with Crippen LogP contribution in [0.2, 0.25) is 0 Å². The van der Waals surface area contributed by atoms with E-state index in [1.807, 2.05) is 19.1 Å². The van der Waals surface area contributed by atoms with Gasteiger partial charge in [0.2, 0.25) is 0 Å². The van der Waals surface area contributed by atoms with E-state index in [4.69, 9.17) is 16.7 Å². The van der Waals surface area contributed by atoms with Crippen LogP contribution < -0.4 is 0 Å². The van der Waals surface area contributed by atoms with Gasteiger partial charge in [0.25, 0.3) is 0 Å². The Labute approximate surface area is 79.6 Å². The van der Waals surface area contributed by atoms with Crippen molar-refractivity contribution >= 4 is 12.2 Å². The second kappa shape index (κ2) is 3.10. The number of hydrogen-bond acceptors (Lipinski definition) is 4. The van der Waals surface area contributed by atoms with Crippen LogP contribution in [0.15, 0.2) is 22.9 Å². The summed E-state index contributed by atoms with van der Waals surface area (Å²) in [6, 6.07) is 3.82. The summed E-state index contributed by atoms with van der Waals surface area (Å²) in [4.78, 5) is 8.33. The van der Waals surface area contributed by atoms with Gasteiger partial charge in [0.1, 0.15) is 5.69 Å². The number of hydrogen-bond donors (Lipinski definition) is 1. The number of aryl methyl sites for hydroxylation is 1. The highest BCUT2D eigenvalue weighted by Gasteiger charge is 2.05. The zero-order chi connectivity index (χ0) is 9.26. The highest BCUT2D eigenvalue weighted by Crippen LogP contribution is 2.15. The Balaban J connectivity index is 2.58. The van der Waals surface area contributed by atoms with E-state index in [0.29, 0.717) is 5.82 Å². The average Bonchev–Trinajstić information content (AvgIpc) is 2.53. The lowest BCUT2D eigenvalue weighted by atomic mass is 10.2. The van der Waals surface area contributed by atoms with Gasteiger partial charge >= 0.3 is 4.84 Å². The minimum absolute atomic E-state index is 0.194. The van der Waals surface area contributed by atoms with Crippen molar-refractivity contribution in [2.45, 2.75) is 6.92 Å². The van der Waals surface area contributed by atoms with E-state index in [0.717, 1.165) is 11.3 Å². The Kier molecular flexibility index (Phi) is 1.94. The van der Waals surface area contributed by atoms with Gasteiger partial charge in [0.05, 0.1) is 0 Å². The first-order valence-corrected chi connectivity index (χ1v) is 4.15. The zero-order valence-corrected chi connectivity index (χ0v) is 7.76. The second-order valence-electron chi connectivity index (χ2n) is 2.60. The molecule has 0 amide bonds. The first kappa shape index (κ1) is 8.12. The number of aromatic nitrogens is 3. The molecule has 0 aliphatic carbocycles. The third-order valence-corrected chi connectivity index (χ3v) is 1.85. The molecule has 0 radical (unpaired) electrons. The van der Waals surface area contributed by atoms with Gasteiger partial charge in [-0.2, -0.15) is 10.1 Å². The molecule has 13 heavy (non-hydrogen) atoms. The summed E-state index contributed by atoms with van der Waals surface area (Å²) in [5, 5.41) is 2.61. The van der Waals surface area contributed by atoms with E-state index >= 15 is 0 Å². The van der Waals surface area contributed by atoms with Crippen LogP contribution >= 0.6 is 12.2 Å². The first-order chi connectivity index (χ1) is 6.27. The Hall–Kier alpha value is -1.49. The second-order valence-corrected chi connectivity index (χ2v) is 2.95. The normalized spacial score (nSPS) is 10.2. The fourth-order valence-corrected chi connectivity index (χ4v) is 1.20. The summed E-state index contributed by atoms with van der Waals surface area (Å²) in [5.41, 5.74) is 1.80. The van der Waals surface area contributed by atoms with Gasteiger partial charge in [-0.05, 0) is 30.8 Å². The largest absolute Gasteiger partial charge is 0.348 e. The molecule has 0 bridgehead atoms. The molecule has 0 aromatic carbocycles. The molecule has 2 aromatic heterocycles. The number of nitrogens with one attached hydrogen (secondary N) is 1. The molecule has 0 spiro atoms. The van der Waals surface area contributed by atoms with Gasteiger partial charge in [-0.3, -0.25) is 4.98 Å². The first-order valence-electron chi connectivity index (χ1n) is 3.75. The van der Waals surface area contributed by atoms with E-state index < -0.39 is 0 Å². The lowest BCUT2D eigenvalue weighted by Crippen LogP contribution is -1.88. The maximum Gasteiger partial charge on any atom is 0.314 e. The van der Waals surface area contributed by atoms with Gasteiger partial charge < -0.3 is 4.52 Å². The summed E-state index contributed by atoms with van der Waals surface area (Å²) in [6.07, 6.45) is 1.70. The van der Waals surface area contributed by atoms with Gasteiger partial charge in [-0.25, -0.2) is 0 Å². The number of aromatic amines is 1. The van der Waals surface area contributed by atoms with Gasteiger partial charge in [-0.15, -0.1) is 0 Å². The molecule has 4 nitrogen and oxygen atoms in total. The Bertz CT molecular complexity index is 474. The van der Waals surface area contributed by atoms with E-state index in [9.17, 15) is 0 Å². The molecule has 0 atom stereocenters. The fraction of sp³-hybridized carbons (Fsp3) is 0.125. The molecular weight excluding hydrogens is 186 g/mol. The van der Waals surface area contributed by atoms with Crippen molar-refractivity contribution in [3.05, 3.63) is 28.7 Å². The summed E-state index contributed by atoms with van der Waals surface area (Å²) < 4.78 is 4.81. The minimum Gasteiger partial charge on any atom is -0.348 e. The molecule has 0 unspecified atom stereocenters. The fourth-order valence-electron chi connectivity index (χ4n) is 1.06.